The van der Waals surface area contributed by atoms with E-state index in [1.165, 1.54) is 0 Å². The molecule has 4 nitrogen and oxygen atoms in total. The highest BCUT2D eigenvalue weighted by Gasteiger charge is 2.18. The molecule has 0 bridgehead atoms. The Bertz CT molecular complexity index is 3230. The van der Waals surface area contributed by atoms with E-state index < -0.39 is 0 Å². The number of aromatic nitrogens is 2. The molecule has 4 heteroatoms. The zero-order valence-corrected chi connectivity index (χ0v) is 30.3. The Labute approximate surface area is 323 Å². The number of fused-ring (bicyclic) bond motifs is 8. The molecular formula is C52H33N3O. The van der Waals surface area contributed by atoms with Crippen molar-refractivity contribution < 1.29 is 4.42 Å². The fraction of sp³-hybridized carbons (Fsp3) is 0. The number of furan rings is 1. The van der Waals surface area contributed by atoms with Crippen LogP contribution in [0.3, 0.4) is 0 Å². The van der Waals surface area contributed by atoms with E-state index in [1.807, 2.05) is 24.3 Å². The van der Waals surface area contributed by atoms with E-state index in [1.54, 1.807) is 0 Å². The van der Waals surface area contributed by atoms with Crippen LogP contribution in [0.4, 0.5) is 17.1 Å². The van der Waals surface area contributed by atoms with Crippen LogP contribution in [0.2, 0.25) is 0 Å². The van der Waals surface area contributed by atoms with Gasteiger partial charge in [0.05, 0.1) is 22.4 Å². The summed E-state index contributed by atoms with van der Waals surface area (Å²) in [5.74, 6) is 0. The van der Waals surface area contributed by atoms with E-state index in [4.69, 9.17) is 14.4 Å². The summed E-state index contributed by atoms with van der Waals surface area (Å²) in [6.45, 7) is 0. The van der Waals surface area contributed by atoms with E-state index in [2.05, 4.69) is 181 Å². The Balaban J connectivity index is 1.04. The normalized spacial score (nSPS) is 11.6. The molecule has 0 aliphatic heterocycles. The molecule has 2 heterocycles. The molecule has 0 unspecified atom stereocenters. The van der Waals surface area contributed by atoms with Gasteiger partial charge in [-0.15, -0.1) is 0 Å². The summed E-state index contributed by atoms with van der Waals surface area (Å²) >= 11 is 0. The first-order valence-electron chi connectivity index (χ1n) is 18.9. The van der Waals surface area contributed by atoms with Gasteiger partial charge in [-0.2, -0.15) is 0 Å². The second kappa shape index (κ2) is 13.1. The maximum atomic E-state index is 6.17. The van der Waals surface area contributed by atoms with E-state index in [-0.39, 0.29) is 0 Å². The van der Waals surface area contributed by atoms with Gasteiger partial charge < -0.3 is 9.32 Å². The van der Waals surface area contributed by atoms with Crippen molar-refractivity contribution in [1.29, 1.82) is 0 Å². The number of nitrogens with zero attached hydrogens (tertiary/aromatic N) is 3. The first-order valence-corrected chi connectivity index (χ1v) is 18.9. The molecule has 0 spiro atoms. The number of hydrogen-bond acceptors (Lipinski definition) is 4. The minimum absolute atomic E-state index is 0.876. The van der Waals surface area contributed by atoms with E-state index >= 15 is 0 Å². The molecule has 11 aromatic rings. The average Bonchev–Trinajstić information content (AvgIpc) is 3.65. The molecule has 0 atom stereocenters. The van der Waals surface area contributed by atoms with E-state index in [0.717, 1.165) is 105 Å². The molecule has 11 rings (SSSR count). The van der Waals surface area contributed by atoms with Gasteiger partial charge in [-0.25, -0.2) is 9.97 Å². The van der Waals surface area contributed by atoms with Crippen LogP contribution >= 0.6 is 0 Å². The zero-order valence-electron chi connectivity index (χ0n) is 30.3. The highest BCUT2D eigenvalue weighted by Crippen LogP contribution is 2.41. The van der Waals surface area contributed by atoms with Crippen LogP contribution in [-0.4, -0.2) is 9.97 Å². The third-order valence-electron chi connectivity index (χ3n) is 10.8. The van der Waals surface area contributed by atoms with Crippen LogP contribution in [-0.2, 0) is 0 Å². The van der Waals surface area contributed by atoms with Crippen molar-refractivity contribution >= 4 is 71.6 Å². The Hall–Kier alpha value is -7.56. The monoisotopic (exact) mass is 715 g/mol. The average molecular weight is 716 g/mol. The van der Waals surface area contributed by atoms with Crippen LogP contribution in [0, 0.1) is 0 Å². The van der Waals surface area contributed by atoms with E-state index in [0.29, 0.717) is 0 Å². The van der Waals surface area contributed by atoms with Gasteiger partial charge in [0, 0.05) is 44.3 Å². The molecule has 0 fully saturated rings. The third kappa shape index (κ3) is 5.39. The summed E-state index contributed by atoms with van der Waals surface area (Å²) in [7, 11) is 0. The van der Waals surface area contributed by atoms with Crippen LogP contribution in [0.25, 0.3) is 88.2 Å². The number of rotatable bonds is 6. The molecule has 0 saturated carbocycles. The maximum absolute atomic E-state index is 6.17. The lowest BCUT2D eigenvalue weighted by atomic mass is 9.95. The van der Waals surface area contributed by atoms with Crippen LogP contribution in [0.15, 0.2) is 205 Å². The first-order chi connectivity index (χ1) is 27.7. The van der Waals surface area contributed by atoms with Crippen molar-refractivity contribution in [3.63, 3.8) is 0 Å². The minimum Gasteiger partial charge on any atom is -0.456 e. The highest BCUT2D eigenvalue weighted by molar-refractivity contribution is 6.19. The van der Waals surface area contributed by atoms with Crippen molar-refractivity contribution in [2.24, 2.45) is 0 Å². The van der Waals surface area contributed by atoms with Crippen molar-refractivity contribution in [1.82, 2.24) is 9.97 Å². The second-order valence-electron chi connectivity index (χ2n) is 14.2. The molecule has 0 saturated heterocycles. The second-order valence-corrected chi connectivity index (χ2v) is 14.2. The SMILES string of the molecule is c1ccc(-c2nc3ccc4ccc5ccc(-c6ccc(N(c7ccccc7)c7ccc8oc9ccccc9c8c7)cc6)cc5c4c3nc2-c2ccccc2)cc1. The molecule has 0 N–H and O–H groups in total. The molecule has 56 heavy (non-hydrogen) atoms. The number of benzene rings is 9. The molecule has 9 aromatic carbocycles. The number of anilines is 3. The fourth-order valence-corrected chi connectivity index (χ4v) is 8.11. The predicted molar refractivity (Wildman–Crippen MR) is 233 cm³/mol. The van der Waals surface area contributed by atoms with Gasteiger partial charge in [0.2, 0.25) is 0 Å². The van der Waals surface area contributed by atoms with Crippen molar-refractivity contribution in [3.05, 3.63) is 200 Å². The summed E-state index contributed by atoms with van der Waals surface area (Å²) < 4.78 is 6.17. The molecule has 0 aliphatic rings. The van der Waals surface area contributed by atoms with Crippen molar-refractivity contribution in [2.45, 2.75) is 0 Å². The van der Waals surface area contributed by atoms with Crippen LogP contribution in [0.1, 0.15) is 0 Å². The van der Waals surface area contributed by atoms with Gasteiger partial charge in [0.1, 0.15) is 11.2 Å². The number of hydrogen-bond donors (Lipinski definition) is 0. The molecule has 262 valence electrons. The Morgan fingerprint density at radius 1 is 0.357 bits per heavy atom. The zero-order chi connectivity index (χ0) is 37.0. The molecule has 2 aromatic heterocycles. The Morgan fingerprint density at radius 2 is 0.929 bits per heavy atom. The van der Waals surface area contributed by atoms with Crippen LogP contribution in [0.5, 0.6) is 0 Å². The van der Waals surface area contributed by atoms with Gasteiger partial charge in [-0.1, -0.05) is 140 Å². The lowest BCUT2D eigenvalue weighted by Crippen LogP contribution is -2.09. The minimum atomic E-state index is 0.876. The Kier molecular flexibility index (Phi) is 7.46. The topological polar surface area (TPSA) is 42.2 Å². The number of para-hydroxylation sites is 2. The lowest BCUT2D eigenvalue weighted by Gasteiger charge is -2.25. The smallest absolute Gasteiger partial charge is 0.135 e. The maximum Gasteiger partial charge on any atom is 0.135 e. The van der Waals surface area contributed by atoms with Gasteiger partial charge in [0.15, 0.2) is 0 Å². The van der Waals surface area contributed by atoms with Gasteiger partial charge in [-0.05, 0) is 87.9 Å². The summed E-state index contributed by atoms with van der Waals surface area (Å²) in [4.78, 5) is 13.0. The van der Waals surface area contributed by atoms with Gasteiger partial charge in [0.25, 0.3) is 0 Å². The van der Waals surface area contributed by atoms with Gasteiger partial charge >= 0.3 is 0 Å². The molecular weight excluding hydrogens is 683 g/mol. The summed E-state index contributed by atoms with van der Waals surface area (Å²) in [6, 6.07) is 70.3. The first kappa shape index (κ1) is 31.9. The summed E-state index contributed by atoms with van der Waals surface area (Å²) in [5, 5.41) is 6.78. The van der Waals surface area contributed by atoms with Gasteiger partial charge in [-0.3, -0.25) is 0 Å². The lowest BCUT2D eigenvalue weighted by molar-refractivity contribution is 0.669. The fourth-order valence-electron chi connectivity index (χ4n) is 8.11. The summed E-state index contributed by atoms with van der Waals surface area (Å²) in [5.41, 5.74) is 12.9. The molecule has 0 amide bonds. The highest BCUT2D eigenvalue weighted by atomic mass is 16.3. The molecule has 0 aliphatic carbocycles. The quantitative estimate of drug-likeness (QED) is 0.161. The predicted octanol–water partition coefficient (Wildman–Crippen LogP) is 14.3. The van der Waals surface area contributed by atoms with E-state index in [9.17, 15) is 0 Å². The van der Waals surface area contributed by atoms with Crippen molar-refractivity contribution in [2.75, 3.05) is 4.90 Å². The largest absolute Gasteiger partial charge is 0.456 e. The molecule has 0 radical (unpaired) electrons. The summed E-state index contributed by atoms with van der Waals surface area (Å²) in [6.07, 6.45) is 0. The Morgan fingerprint density at radius 3 is 1.70 bits per heavy atom. The van der Waals surface area contributed by atoms with Crippen molar-refractivity contribution in [3.8, 4) is 33.6 Å². The standard InChI is InChI=1S/C52H33N3O/c1-4-12-37(13-5-1)50-51(38-14-6-2-7-15-38)54-52-46(53-50)30-26-36-22-20-35-21-23-39(32-44(35)49(36)52)34-24-27-41(28-25-34)55(40-16-8-3-9-17-40)42-29-31-48-45(33-42)43-18-10-11-19-47(43)56-48/h1-33H. The third-order valence-corrected chi connectivity index (χ3v) is 10.8. The van der Waals surface area contributed by atoms with Crippen LogP contribution < -0.4 is 4.90 Å².